The Morgan fingerprint density at radius 2 is 2.23 bits per heavy atom. The maximum Gasteiger partial charge on any atom is 0.248 e. The second-order valence-corrected chi connectivity index (χ2v) is 3.69. The minimum atomic E-state index is -2.64. The highest BCUT2D eigenvalue weighted by Crippen LogP contribution is 2.41. The van der Waals surface area contributed by atoms with Crippen LogP contribution < -0.4 is 0 Å². The summed E-state index contributed by atoms with van der Waals surface area (Å²) < 4.78 is 25.9. The van der Waals surface area contributed by atoms with Gasteiger partial charge in [-0.2, -0.15) is 0 Å². The van der Waals surface area contributed by atoms with Crippen LogP contribution in [0.4, 0.5) is 8.78 Å². The topological polar surface area (TPSA) is 29.4 Å². The molecule has 0 N–H and O–H groups in total. The van der Waals surface area contributed by atoms with E-state index in [0.717, 1.165) is 19.8 Å². The van der Waals surface area contributed by atoms with E-state index in [9.17, 15) is 13.6 Å². The molecule has 0 radical (unpaired) electrons. The lowest BCUT2D eigenvalue weighted by molar-refractivity contribution is -0.0527. The van der Waals surface area contributed by atoms with E-state index in [0.29, 0.717) is 6.42 Å². The zero-order valence-electron chi connectivity index (χ0n) is 7.59. The van der Waals surface area contributed by atoms with E-state index in [1.54, 1.807) is 0 Å². The minimum Gasteiger partial charge on any atom is -0.211 e. The molecular weight excluding hydrogens is 176 g/mol. The average Bonchev–Trinajstić information content (AvgIpc) is 2.47. The van der Waals surface area contributed by atoms with Crippen LogP contribution in [0.2, 0.25) is 0 Å². The summed E-state index contributed by atoms with van der Waals surface area (Å²) in [7, 11) is 0. The summed E-state index contributed by atoms with van der Waals surface area (Å²) >= 11 is 0. The maximum atomic E-state index is 13.0. The molecule has 4 heteroatoms. The first kappa shape index (κ1) is 10.3. The molecule has 0 heterocycles. The lowest BCUT2D eigenvalue weighted by Crippen LogP contribution is -2.28. The minimum absolute atomic E-state index is 0.138. The van der Waals surface area contributed by atoms with Crippen molar-refractivity contribution in [2.24, 2.45) is 16.8 Å². The fraction of sp³-hybridized carbons (Fsp3) is 0.889. The van der Waals surface area contributed by atoms with Crippen LogP contribution in [-0.2, 0) is 4.79 Å². The van der Waals surface area contributed by atoms with Crippen molar-refractivity contribution < 1.29 is 13.6 Å². The average molecular weight is 189 g/mol. The molecule has 2 atom stereocenters. The Bertz CT molecular complexity index is 218. The molecule has 2 nitrogen and oxygen atoms in total. The summed E-state index contributed by atoms with van der Waals surface area (Å²) in [6.45, 7) is 1.15. The highest BCUT2D eigenvalue weighted by Gasteiger charge is 2.42. The van der Waals surface area contributed by atoms with Gasteiger partial charge in [-0.15, -0.1) is 0 Å². The molecule has 0 aliphatic heterocycles. The van der Waals surface area contributed by atoms with Crippen molar-refractivity contribution in [1.82, 2.24) is 0 Å². The molecule has 0 saturated heterocycles. The summed E-state index contributed by atoms with van der Waals surface area (Å²) in [6, 6.07) is 0. The van der Waals surface area contributed by atoms with Gasteiger partial charge in [0, 0.05) is 5.92 Å². The smallest absolute Gasteiger partial charge is 0.211 e. The molecule has 0 amide bonds. The van der Waals surface area contributed by atoms with E-state index in [1.165, 1.54) is 6.08 Å². The normalized spacial score (nSPS) is 28.5. The van der Waals surface area contributed by atoms with Crippen molar-refractivity contribution in [3.8, 4) is 0 Å². The van der Waals surface area contributed by atoms with Gasteiger partial charge in [0.05, 0.1) is 6.54 Å². The van der Waals surface area contributed by atoms with Gasteiger partial charge in [-0.1, -0.05) is 6.42 Å². The van der Waals surface area contributed by atoms with Crippen molar-refractivity contribution in [2.75, 3.05) is 6.54 Å². The number of hydrogen-bond donors (Lipinski definition) is 0. The molecule has 1 rings (SSSR count). The second kappa shape index (κ2) is 3.97. The van der Waals surface area contributed by atoms with E-state index in [1.807, 2.05) is 0 Å². The Kier molecular flexibility index (Phi) is 3.15. The molecule has 1 aliphatic carbocycles. The molecule has 13 heavy (non-hydrogen) atoms. The first-order chi connectivity index (χ1) is 6.05. The number of hydrogen-bond acceptors (Lipinski definition) is 2. The molecule has 1 saturated carbocycles. The van der Waals surface area contributed by atoms with E-state index in [2.05, 4.69) is 4.99 Å². The Labute approximate surface area is 76.0 Å². The van der Waals surface area contributed by atoms with Crippen molar-refractivity contribution in [1.29, 1.82) is 0 Å². The van der Waals surface area contributed by atoms with Crippen molar-refractivity contribution >= 4 is 6.08 Å². The Hall–Kier alpha value is -0.760. The number of nitrogens with zero attached hydrogens (tertiary/aromatic N) is 1. The molecule has 0 aromatic carbocycles. The van der Waals surface area contributed by atoms with Gasteiger partial charge >= 0.3 is 0 Å². The van der Waals surface area contributed by atoms with Crippen LogP contribution in [0, 0.1) is 11.8 Å². The van der Waals surface area contributed by atoms with Crippen molar-refractivity contribution in [3.63, 3.8) is 0 Å². The van der Waals surface area contributed by atoms with Crippen LogP contribution in [0.25, 0.3) is 0 Å². The first-order valence-corrected chi connectivity index (χ1v) is 4.47. The van der Waals surface area contributed by atoms with Crippen LogP contribution in [0.3, 0.4) is 0 Å². The molecule has 0 aromatic rings. The fourth-order valence-electron chi connectivity index (χ4n) is 2.08. The van der Waals surface area contributed by atoms with E-state index < -0.39 is 11.8 Å². The molecule has 1 fully saturated rings. The standard InChI is InChI=1S/C9H13F2NO/c1-9(10,11)8-4-2-3-7(8)5-12-6-13/h7-8H,2-5H2,1H3. The van der Waals surface area contributed by atoms with Gasteiger partial charge in [0.2, 0.25) is 12.0 Å². The van der Waals surface area contributed by atoms with Crippen LogP contribution in [0.1, 0.15) is 26.2 Å². The number of isocyanates is 1. The summed E-state index contributed by atoms with van der Waals surface area (Å²) in [5.74, 6) is -3.38. The number of halogens is 2. The summed E-state index contributed by atoms with van der Waals surface area (Å²) in [6.07, 6.45) is 3.50. The summed E-state index contributed by atoms with van der Waals surface area (Å²) in [4.78, 5) is 13.2. The van der Waals surface area contributed by atoms with Gasteiger partial charge in [-0.05, 0) is 25.7 Å². The van der Waals surface area contributed by atoms with Crippen LogP contribution in [0.5, 0.6) is 0 Å². The predicted molar refractivity (Wildman–Crippen MR) is 44.4 cm³/mol. The van der Waals surface area contributed by atoms with Gasteiger partial charge in [-0.25, -0.2) is 18.6 Å². The number of aliphatic imine (C=N–C) groups is 1. The highest BCUT2D eigenvalue weighted by molar-refractivity contribution is 5.32. The first-order valence-electron chi connectivity index (χ1n) is 4.47. The van der Waals surface area contributed by atoms with Gasteiger partial charge in [0.25, 0.3) is 0 Å². The zero-order chi connectivity index (χ0) is 9.90. The number of carbonyl (C=O) groups excluding carboxylic acids is 1. The van der Waals surface area contributed by atoms with Crippen molar-refractivity contribution in [3.05, 3.63) is 0 Å². The van der Waals surface area contributed by atoms with Crippen LogP contribution in [0.15, 0.2) is 4.99 Å². The van der Waals surface area contributed by atoms with Crippen molar-refractivity contribution in [2.45, 2.75) is 32.1 Å². The Morgan fingerprint density at radius 3 is 2.77 bits per heavy atom. The van der Waals surface area contributed by atoms with Gasteiger partial charge in [-0.3, -0.25) is 0 Å². The third kappa shape index (κ3) is 2.59. The Morgan fingerprint density at radius 1 is 1.54 bits per heavy atom. The van der Waals surface area contributed by atoms with E-state index in [-0.39, 0.29) is 12.5 Å². The number of alkyl halides is 2. The quantitative estimate of drug-likeness (QED) is 0.495. The highest BCUT2D eigenvalue weighted by atomic mass is 19.3. The molecule has 74 valence electrons. The summed E-state index contributed by atoms with van der Waals surface area (Å²) in [5, 5.41) is 0. The molecule has 0 bridgehead atoms. The zero-order valence-corrected chi connectivity index (χ0v) is 7.59. The third-order valence-electron chi connectivity index (χ3n) is 2.70. The Balaban J connectivity index is 2.58. The monoisotopic (exact) mass is 189 g/mol. The second-order valence-electron chi connectivity index (χ2n) is 3.69. The van der Waals surface area contributed by atoms with E-state index >= 15 is 0 Å². The molecule has 0 aromatic heterocycles. The summed E-state index contributed by atoms with van der Waals surface area (Å²) in [5.41, 5.74) is 0. The largest absolute Gasteiger partial charge is 0.248 e. The van der Waals surface area contributed by atoms with Crippen LogP contribution in [-0.4, -0.2) is 18.5 Å². The number of rotatable bonds is 3. The van der Waals surface area contributed by atoms with Gasteiger partial charge in [0.1, 0.15) is 0 Å². The third-order valence-corrected chi connectivity index (χ3v) is 2.70. The van der Waals surface area contributed by atoms with Gasteiger partial charge < -0.3 is 0 Å². The maximum absolute atomic E-state index is 13.0. The lowest BCUT2D eigenvalue weighted by Gasteiger charge is -2.23. The molecule has 0 spiro atoms. The molecular formula is C9H13F2NO. The molecule has 2 unspecified atom stereocenters. The van der Waals surface area contributed by atoms with Gasteiger partial charge in [0.15, 0.2) is 0 Å². The molecule has 1 aliphatic rings. The SMILES string of the molecule is CC(F)(F)C1CCCC1CN=C=O. The predicted octanol–water partition coefficient (Wildman–Crippen LogP) is 2.39. The van der Waals surface area contributed by atoms with Crippen LogP contribution >= 0.6 is 0 Å². The fourth-order valence-corrected chi connectivity index (χ4v) is 2.08. The van der Waals surface area contributed by atoms with E-state index in [4.69, 9.17) is 0 Å². The lowest BCUT2D eigenvalue weighted by atomic mass is 9.91.